The van der Waals surface area contributed by atoms with Crippen LogP contribution in [0.5, 0.6) is 0 Å². The minimum atomic E-state index is -4.10. The minimum Gasteiger partial charge on any atom is -0.465 e. The normalized spacial score (nSPS) is 11.1. The summed E-state index contributed by atoms with van der Waals surface area (Å²) in [4.78, 5) is 28.6. The standard InChI is InChI=1S/C9H11O5P/c1-14-9(10)8-4-2-3-7(5-8)6-15(11,12)13/h2-5H,6H2,1H3,(H2,11,12,13). The smallest absolute Gasteiger partial charge is 0.337 e. The Morgan fingerprint density at radius 1 is 1.47 bits per heavy atom. The fraction of sp³-hybridized carbons (Fsp3) is 0.222. The Bertz CT molecular complexity index is 409. The first-order valence-corrected chi connectivity index (χ1v) is 5.94. The zero-order valence-electron chi connectivity index (χ0n) is 8.08. The van der Waals surface area contributed by atoms with E-state index < -0.39 is 13.6 Å². The van der Waals surface area contributed by atoms with Crippen molar-refractivity contribution in [3.63, 3.8) is 0 Å². The summed E-state index contributed by atoms with van der Waals surface area (Å²) < 4.78 is 15.2. The lowest BCUT2D eigenvalue weighted by atomic mass is 10.1. The van der Waals surface area contributed by atoms with Crippen molar-refractivity contribution in [3.8, 4) is 0 Å². The van der Waals surface area contributed by atoms with E-state index in [4.69, 9.17) is 9.79 Å². The molecule has 0 saturated heterocycles. The lowest BCUT2D eigenvalue weighted by molar-refractivity contribution is 0.0600. The van der Waals surface area contributed by atoms with Gasteiger partial charge in [-0.3, -0.25) is 4.57 Å². The van der Waals surface area contributed by atoms with Crippen LogP contribution in [0, 0.1) is 0 Å². The predicted octanol–water partition coefficient (Wildman–Crippen LogP) is 1.15. The molecule has 0 unspecified atom stereocenters. The minimum absolute atomic E-state index is 0.281. The first-order chi connectivity index (χ1) is 6.92. The third-order valence-corrected chi connectivity index (χ3v) is 2.51. The average molecular weight is 230 g/mol. The molecule has 0 atom stereocenters. The Kier molecular flexibility index (Phi) is 3.63. The molecule has 0 radical (unpaired) electrons. The first kappa shape index (κ1) is 11.9. The van der Waals surface area contributed by atoms with E-state index in [2.05, 4.69) is 4.74 Å². The van der Waals surface area contributed by atoms with E-state index in [0.717, 1.165) is 0 Å². The number of rotatable bonds is 3. The molecule has 0 aliphatic rings. The molecule has 0 amide bonds. The van der Waals surface area contributed by atoms with Crippen LogP contribution in [0.4, 0.5) is 0 Å². The van der Waals surface area contributed by atoms with Gasteiger partial charge in [-0.15, -0.1) is 0 Å². The third kappa shape index (κ3) is 3.83. The van der Waals surface area contributed by atoms with E-state index in [1.165, 1.54) is 19.2 Å². The van der Waals surface area contributed by atoms with Gasteiger partial charge in [0.05, 0.1) is 18.8 Å². The van der Waals surface area contributed by atoms with Gasteiger partial charge in [0.2, 0.25) is 0 Å². The Labute approximate surface area is 86.9 Å². The molecule has 0 aliphatic heterocycles. The van der Waals surface area contributed by atoms with Gasteiger partial charge in [0.1, 0.15) is 0 Å². The molecule has 0 spiro atoms. The summed E-state index contributed by atoms with van der Waals surface area (Å²) in [5, 5.41) is 0. The fourth-order valence-electron chi connectivity index (χ4n) is 1.15. The highest BCUT2D eigenvalue weighted by Crippen LogP contribution is 2.39. The molecule has 6 heteroatoms. The van der Waals surface area contributed by atoms with E-state index in [1.807, 2.05) is 0 Å². The van der Waals surface area contributed by atoms with Crippen LogP contribution in [0.25, 0.3) is 0 Å². The number of ether oxygens (including phenoxy) is 1. The molecule has 1 aromatic rings. The second-order valence-corrected chi connectivity index (χ2v) is 4.66. The molecule has 0 bridgehead atoms. The predicted molar refractivity (Wildman–Crippen MR) is 53.5 cm³/mol. The quantitative estimate of drug-likeness (QED) is 0.601. The average Bonchev–Trinajstić information content (AvgIpc) is 2.14. The zero-order valence-corrected chi connectivity index (χ0v) is 8.98. The van der Waals surface area contributed by atoms with Gasteiger partial charge in [-0.2, -0.15) is 0 Å². The van der Waals surface area contributed by atoms with E-state index >= 15 is 0 Å². The molecule has 0 heterocycles. The summed E-state index contributed by atoms with van der Waals surface area (Å²) in [6.07, 6.45) is -0.377. The number of carbonyl (C=O) groups excluding carboxylic acids is 1. The summed E-state index contributed by atoms with van der Waals surface area (Å²) in [6, 6.07) is 6.03. The number of carbonyl (C=O) groups is 1. The van der Waals surface area contributed by atoms with Crippen molar-refractivity contribution in [2.75, 3.05) is 7.11 Å². The van der Waals surface area contributed by atoms with Crippen LogP contribution < -0.4 is 0 Å². The lowest BCUT2D eigenvalue weighted by Gasteiger charge is -2.05. The van der Waals surface area contributed by atoms with Crippen molar-refractivity contribution < 1.29 is 23.9 Å². The summed E-state index contributed by atoms with van der Waals surface area (Å²) in [7, 11) is -2.85. The Hall–Kier alpha value is -1.16. The SMILES string of the molecule is COC(=O)c1cccc(CP(=O)(O)O)c1. The summed E-state index contributed by atoms with van der Waals surface area (Å²) in [6.45, 7) is 0. The van der Waals surface area contributed by atoms with Crippen molar-refractivity contribution in [1.29, 1.82) is 0 Å². The molecule has 1 aromatic carbocycles. The number of hydrogen-bond acceptors (Lipinski definition) is 3. The van der Waals surface area contributed by atoms with Crippen molar-refractivity contribution in [2.24, 2.45) is 0 Å². The van der Waals surface area contributed by atoms with Gasteiger partial charge in [0.25, 0.3) is 0 Å². The largest absolute Gasteiger partial charge is 0.465 e. The highest BCUT2D eigenvalue weighted by atomic mass is 31.2. The van der Waals surface area contributed by atoms with Crippen molar-refractivity contribution in [1.82, 2.24) is 0 Å². The van der Waals surface area contributed by atoms with Crippen molar-refractivity contribution in [2.45, 2.75) is 6.16 Å². The van der Waals surface area contributed by atoms with Crippen LogP contribution in [-0.2, 0) is 15.5 Å². The molecule has 0 fully saturated rings. The van der Waals surface area contributed by atoms with Crippen LogP contribution in [0.2, 0.25) is 0 Å². The monoisotopic (exact) mass is 230 g/mol. The van der Waals surface area contributed by atoms with E-state index in [-0.39, 0.29) is 11.7 Å². The first-order valence-electron chi connectivity index (χ1n) is 4.14. The van der Waals surface area contributed by atoms with Gasteiger partial charge >= 0.3 is 13.6 Å². The summed E-state index contributed by atoms with van der Waals surface area (Å²) in [5.74, 6) is -0.525. The van der Waals surface area contributed by atoms with E-state index in [9.17, 15) is 9.36 Å². The molecule has 15 heavy (non-hydrogen) atoms. The van der Waals surface area contributed by atoms with Gasteiger partial charge in [0, 0.05) is 0 Å². The number of hydrogen-bond donors (Lipinski definition) is 2. The van der Waals surface area contributed by atoms with Gasteiger partial charge in [0.15, 0.2) is 0 Å². The second-order valence-electron chi connectivity index (χ2n) is 3.01. The molecule has 0 aliphatic carbocycles. The molecular formula is C9H11O5P. The van der Waals surface area contributed by atoms with Crippen LogP contribution in [0.3, 0.4) is 0 Å². The summed E-state index contributed by atoms with van der Waals surface area (Å²) >= 11 is 0. The topological polar surface area (TPSA) is 83.8 Å². The van der Waals surface area contributed by atoms with Crippen molar-refractivity contribution in [3.05, 3.63) is 35.4 Å². The molecule has 1 rings (SSSR count). The maximum absolute atomic E-state index is 11.1. The Morgan fingerprint density at radius 3 is 2.67 bits per heavy atom. The molecule has 0 aromatic heterocycles. The zero-order chi connectivity index (χ0) is 11.5. The Morgan fingerprint density at radius 2 is 2.13 bits per heavy atom. The van der Waals surface area contributed by atoms with Gasteiger partial charge in [-0.25, -0.2) is 4.79 Å². The molecular weight excluding hydrogens is 219 g/mol. The molecule has 5 nitrogen and oxygen atoms in total. The molecule has 0 saturated carbocycles. The van der Waals surface area contributed by atoms with Crippen LogP contribution >= 0.6 is 7.60 Å². The van der Waals surface area contributed by atoms with Gasteiger partial charge in [-0.1, -0.05) is 12.1 Å². The third-order valence-electron chi connectivity index (χ3n) is 1.74. The number of benzene rings is 1. The Balaban J connectivity index is 2.93. The van der Waals surface area contributed by atoms with Gasteiger partial charge < -0.3 is 14.5 Å². The van der Waals surface area contributed by atoms with E-state index in [1.54, 1.807) is 12.1 Å². The summed E-state index contributed by atoms with van der Waals surface area (Å²) in [5.41, 5.74) is 0.690. The maximum atomic E-state index is 11.1. The number of esters is 1. The fourth-order valence-corrected chi connectivity index (χ4v) is 1.82. The van der Waals surface area contributed by atoms with E-state index in [0.29, 0.717) is 5.56 Å². The highest BCUT2D eigenvalue weighted by Gasteiger charge is 2.15. The van der Waals surface area contributed by atoms with Crippen LogP contribution in [0.1, 0.15) is 15.9 Å². The maximum Gasteiger partial charge on any atom is 0.337 e. The van der Waals surface area contributed by atoms with Crippen LogP contribution in [-0.4, -0.2) is 22.9 Å². The molecule has 82 valence electrons. The highest BCUT2D eigenvalue weighted by molar-refractivity contribution is 7.50. The van der Waals surface area contributed by atoms with Gasteiger partial charge in [-0.05, 0) is 17.7 Å². The number of methoxy groups -OCH3 is 1. The second kappa shape index (κ2) is 4.57. The lowest BCUT2D eigenvalue weighted by Crippen LogP contribution is -2.01. The molecule has 2 N–H and O–H groups in total. The van der Waals surface area contributed by atoms with Crippen molar-refractivity contribution >= 4 is 13.6 Å². The van der Waals surface area contributed by atoms with Crippen LogP contribution in [0.15, 0.2) is 24.3 Å².